The van der Waals surface area contributed by atoms with Crippen LogP contribution in [0.4, 0.5) is 11.4 Å². The monoisotopic (exact) mass is 348 g/mol. The highest BCUT2D eigenvalue weighted by molar-refractivity contribution is 5.60. The van der Waals surface area contributed by atoms with Crippen LogP contribution in [0.15, 0.2) is 57.4 Å². The third kappa shape index (κ3) is 3.39. The molecule has 2 heterocycles. The largest absolute Gasteiger partial charge is 0.421 e. The minimum atomic E-state index is 0.429. The average molecular weight is 348 g/mol. The summed E-state index contributed by atoms with van der Waals surface area (Å²) in [7, 11) is 0. The molecule has 4 rings (SSSR count). The molecule has 0 saturated heterocycles. The van der Waals surface area contributed by atoms with Gasteiger partial charge in [-0.2, -0.15) is 0 Å². The average Bonchev–Trinajstić information content (AvgIpc) is 3.30. The molecule has 8 heteroatoms. The van der Waals surface area contributed by atoms with Crippen molar-refractivity contribution in [2.45, 2.75) is 12.8 Å². The first-order valence-corrected chi connectivity index (χ1v) is 8.04. The predicted octanol–water partition coefficient (Wildman–Crippen LogP) is 2.74. The quantitative estimate of drug-likeness (QED) is 0.526. The third-order valence-electron chi connectivity index (χ3n) is 3.75. The number of hydrogen-bond acceptors (Lipinski definition) is 8. The highest BCUT2D eigenvalue weighted by Crippen LogP contribution is 2.22. The van der Waals surface area contributed by atoms with E-state index in [-0.39, 0.29) is 0 Å². The van der Waals surface area contributed by atoms with Crippen molar-refractivity contribution in [3.63, 3.8) is 0 Å². The van der Waals surface area contributed by atoms with Gasteiger partial charge in [0.15, 0.2) is 0 Å². The standard InChI is InChI=1S/C18H16N6O2/c19-13-5-1-3-11(9-13)17-23-21-15(25-17)7-8-16-22-24-18(26-16)12-4-2-6-14(20)10-12/h1-6,9-10H,7-8,19-20H2. The summed E-state index contributed by atoms with van der Waals surface area (Å²) in [5.74, 6) is 1.84. The number of benzene rings is 2. The van der Waals surface area contributed by atoms with E-state index in [4.69, 9.17) is 20.3 Å². The second-order valence-electron chi connectivity index (χ2n) is 5.75. The van der Waals surface area contributed by atoms with E-state index in [0.29, 0.717) is 47.8 Å². The van der Waals surface area contributed by atoms with Gasteiger partial charge in [-0.1, -0.05) is 12.1 Å². The number of anilines is 2. The molecule has 8 nitrogen and oxygen atoms in total. The van der Waals surface area contributed by atoms with Crippen LogP contribution in [0.25, 0.3) is 22.9 Å². The van der Waals surface area contributed by atoms with E-state index in [2.05, 4.69) is 20.4 Å². The highest BCUT2D eigenvalue weighted by atomic mass is 16.4. The first-order chi connectivity index (χ1) is 12.7. The zero-order valence-electron chi connectivity index (χ0n) is 13.8. The van der Waals surface area contributed by atoms with E-state index in [1.54, 1.807) is 24.3 Å². The molecule has 0 fully saturated rings. The van der Waals surface area contributed by atoms with Crippen molar-refractivity contribution in [3.8, 4) is 22.9 Å². The Balaban J connectivity index is 1.44. The summed E-state index contributed by atoms with van der Waals surface area (Å²) in [5, 5.41) is 16.2. The number of nitrogens with two attached hydrogens (primary N) is 2. The van der Waals surface area contributed by atoms with Crippen molar-refractivity contribution >= 4 is 11.4 Å². The number of nitrogens with zero attached hydrogens (tertiary/aromatic N) is 4. The fourth-order valence-electron chi connectivity index (χ4n) is 2.50. The Bertz CT molecular complexity index is 956. The van der Waals surface area contributed by atoms with Crippen LogP contribution in [0.1, 0.15) is 11.8 Å². The van der Waals surface area contributed by atoms with Crippen molar-refractivity contribution in [2.24, 2.45) is 0 Å². The Morgan fingerprint density at radius 2 is 1.12 bits per heavy atom. The number of aryl methyl sites for hydroxylation is 2. The van der Waals surface area contributed by atoms with E-state index in [1.165, 1.54) is 0 Å². The summed E-state index contributed by atoms with van der Waals surface area (Å²) in [5.41, 5.74) is 14.4. The van der Waals surface area contributed by atoms with Gasteiger partial charge in [-0.3, -0.25) is 0 Å². The molecule has 0 bridgehead atoms. The van der Waals surface area contributed by atoms with Gasteiger partial charge >= 0.3 is 0 Å². The normalized spacial score (nSPS) is 10.9. The number of nitrogen functional groups attached to an aromatic ring is 2. The maximum absolute atomic E-state index is 5.77. The van der Waals surface area contributed by atoms with Gasteiger partial charge in [0.2, 0.25) is 23.6 Å². The van der Waals surface area contributed by atoms with Crippen LogP contribution in [0, 0.1) is 0 Å². The molecule has 0 atom stereocenters. The maximum atomic E-state index is 5.77. The van der Waals surface area contributed by atoms with E-state index in [1.807, 2.05) is 24.3 Å². The summed E-state index contributed by atoms with van der Waals surface area (Å²) in [6.07, 6.45) is 0.988. The second kappa shape index (κ2) is 6.67. The summed E-state index contributed by atoms with van der Waals surface area (Å²) in [6, 6.07) is 14.6. The van der Waals surface area contributed by atoms with E-state index in [0.717, 1.165) is 11.1 Å². The van der Waals surface area contributed by atoms with E-state index < -0.39 is 0 Å². The van der Waals surface area contributed by atoms with Crippen LogP contribution in [0.5, 0.6) is 0 Å². The fourth-order valence-corrected chi connectivity index (χ4v) is 2.50. The molecule has 0 amide bonds. The van der Waals surface area contributed by atoms with Gasteiger partial charge < -0.3 is 20.3 Å². The first-order valence-electron chi connectivity index (χ1n) is 8.04. The summed E-state index contributed by atoms with van der Waals surface area (Å²) in [6.45, 7) is 0. The van der Waals surface area contributed by atoms with Crippen LogP contribution < -0.4 is 11.5 Å². The molecule has 2 aromatic heterocycles. The van der Waals surface area contributed by atoms with Crippen LogP contribution >= 0.6 is 0 Å². The molecule has 26 heavy (non-hydrogen) atoms. The smallest absolute Gasteiger partial charge is 0.247 e. The van der Waals surface area contributed by atoms with Gasteiger partial charge in [-0.15, -0.1) is 20.4 Å². The van der Waals surface area contributed by atoms with Gasteiger partial charge in [-0.05, 0) is 36.4 Å². The molecule has 0 radical (unpaired) electrons. The van der Waals surface area contributed by atoms with Gasteiger partial charge in [0, 0.05) is 35.3 Å². The molecular weight excluding hydrogens is 332 g/mol. The van der Waals surface area contributed by atoms with E-state index >= 15 is 0 Å². The predicted molar refractivity (Wildman–Crippen MR) is 95.7 cm³/mol. The van der Waals surface area contributed by atoms with Crippen LogP contribution in [0.3, 0.4) is 0 Å². The van der Waals surface area contributed by atoms with Crippen molar-refractivity contribution in [1.82, 2.24) is 20.4 Å². The van der Waals surface area contributed by atoms with Crippen molar-refractivity contribution in [1.29, 1.82) is 0 Å². The lowest BCUT2D eigenvalue weighted by atomic mass is 10.2. The molecule has 0 unspecified atom stereocenters. The van der Waals surface area contributed by atoms with Crippen LogP contribution in [-0.4, -0.2) is 20.4 Å². The molecular formula is C18H16N6O2. The van der Waals surface area contributed by atoms with Gasteiger partial charge in [0.05, 0.1) is 0 Å². The van der Waals surface area contributed by atoms with E-state index in [9.17, 15) is 0 Å². The molecule has 4 N–H and O–H groups in total. The van der Waals surface area contributed by atoms with Crippen LogP contribution in [-0.2, 0) is 12.8 Å². The Hall–Kier alpha value is -3.68. The van der Waals surface area contributed by atoms with Crippen molar-refractivity contribution < 1.29 is 8.83 Å². The molecule has 0 aliphatic carbocycles. The lowest BCUT2D eigenvalue weighted by Gasteiger charge is -1.96. The first kappa shape index (κ1) is 15.8. The zero-order chi connectivity index (χ0) is 17.9. The Morgan fingerprint density at radius 3 is 1.54 bits per heavy atom. The minimum absolute atomic E-state index is 0.429. The molecule has 130 valence electrons. The minimum Gasteiger partial charge on any atom is -0.421 e. The molecule has 4 aromatic rings. The number of rotatable bonds is 5. The molecule has 0 aliphatic rings. The highest BCUT2D eigenvalue weighted by Gasteiger charge is 2.12. The SMILES string of the molecule is Nc1cccc(-c2nnc(CCc3nnc(-c4cccc(N)c4)o3)o2)c1. The number of aromatic nitrogens is 4. The molecule has 0 saturated carbocycles. The molecule has 0 spiro atoms. The summed E-state index contributed by atoms with van der Waals surface area (Å²) < 4.78 is 11.3. The lowest BCUT2D eigenvalue weighted by Crippen LogP contribution is -1.91. The third-order valence-corrected chi connectivity index (χ3v) is 3.75. The summed E-state index contributed by atoms with van der Waals surface area (Å²) >= 11 is 0. The Morgan fingerprint density at radius 1 is 0.654 bits per heavy atom. The topological polar surface area (TPSA) is 130 Å². The van der Waals surface area contributed by atoms with Gasteiger partial charge in [0.25, 0.3) is 0 Å². The Labute approximate surface area is 148 Å². The van der Waals surface area contributed by atoms with Crippen molar-refractivity contribution in [2.75, 3.05) is 11.5 Å². The van der Waals surface area contributed by atoms with Gasteiger partial charge in [-0.25, -0.2) is 0 Å². The number of hydrogen-bond donors (Lipinski definition) is 2. The molecule has 0 aliphatic heterocycles. The van der Waals surface area contributed by atoms with Gasteiger partial charge in [0.1, 0.15) is 0 Å². The Kier molecular flexibility index (Phi) is 4.06. The maximum Gasteiger partial charge on any atom is 0.247 e. The lowest BCUT2D eigenvalue weighted by molar-refractivity contribution is 0.467. The van der Waals surface area contributed by atoms with Crippen molar-refractivity contribution in [3.05, 3.63) is 60.3 Å². The van der Waals surface area contributed by atoms with Crippen LogP contribution in [0.2, 0.25) is 0 Å². The molecule has 2 aromatic carbocycles. The fraction of sp³-hybridized carbons (Fsp3) is 0.111. The second-order valence-corrected chi connectivity index (χ2v) is 5.75. The zero-order valence-corrected chi connectivity index (χ0v) is 13.8. The summed E-state index contributed by atoms with van der Waals surface area (Å²) in [4.78, 5) is 0.